The van der Waals surface area contributed by atoms with Crippen molar-refractivity contribution in [1.29, 1.82) is 0 Å². The Morgan fingerprint density at radius 3 is 2.63 bits per heavy atom. The summed E-state index contributed by atoms with van der Waals surface area (Å²) in [6.07, 6.45) is 3.44. The van der Waals surface area contributed by atoms with Crippen LogP contribution in [-0.4, -0.2) is 54.0 Å². The van der Waals surface area contributed by atoms with Crippen LogP contribution < -0.4 is 15.0 Å². The molecule has 3 aromatic rings. The van der Waals surface area contributed by atoms with E-state index in [9.17, 15) is 4.79 Å². The quantitative estimate of drug-likeness (QED) is 0.676. The lowest BCUT2D eigenvalue weighted by molar-refractivity contribution is -0.120. The van der Waals surface area contributed by atoms with E-state index in [0.29, 0.717) is 18.9 Å². The highest BCUT2D eigenvalue weighted by atomic mass is 16.5. The number of carbonyl (C=O) groups is 1. The highest BCUT2D eigenvalue weighted by molar-refractivity contribution is 5.63. The van der Waals surface area contributed by atoms with Crippen molar-refractivity contribution < 1.29 is 9.53 Å². The monoisotopic (exact) mass is 365 g/mol. The maximum absolute atomic E-state index is 10.9. The van der Waals surface area contributed by atoms with E-state index in [2.05, 4.69) is 51.4 Å². The lowest BCUT2D eigenvalue weighted by Gasteiger charge is -2.34. The van der Waals surface area contributed by atoms with E-state index in [0.717, 1.165) is 43.1 Å². The topological polar surface area (TPSA) is 62.1 Å². The Hall–Kier alpha value is -3.06. The number of hydrogen-bond acceptors (Lipinski definition) is 6. The molecule has 2 aromatic heterocycles. The molecule has 1 aliphatic heterocycles. The second-order valence-electron chi connectivity index (χ2n) is 6.73. The molecule has 0 bridgehead atoms. The summed E-state index contributed by atoms with van der Waals surface area (Å²) in [5.41, 5.74) is 3.90. The molecule has 0 aliphatic carbocycles. The van der Waals surface area contributed by atoms with Gasteiger partial charge in [0.05, 0.1) is 5.69 Å². The van der Waals surface area contributed by atoms with E-state index in [1.807, 2.05) is 12.1 Å². The first-order valence-corrected chi connectivity index (χ1v) is 9.07. The fourth-order valence-electron chi connectivity index (χ4n) is 3.36. The molecule has 7 nitrogen and oxygen atoms in total. The van der Waals surface area contributed by atoms with Crippen LogP contribution in [0.15, 0.2) is 48.8 Å². The molecule has 1 aromatic carbocycles. The first-order chi connectivity index (χ1) is 13.2. The fraction of sp³-hybridized carbons (Fsp3) is 0.300. The molecule has 1 aliphatic rings. The van der Waals surface area contributed by atoms with Gasteiger partial charge in [-0.05, 0) is 36.9 Å². The van der Waals surface area contributed by atoms with Crippen molar-refractivity contribution in [3.05, 3.63) is 54.4 Å². The van der Waals surface area contributed by atoms with Gasteiger partial charge in [-0.15, -0.1) is 0 Å². The Bertz CT molecular complexity index is 914. The first-order valence-electron chi connectivity index (χ1n) is 9.07. The average molecular weight is 365 g/mol. The molecular formula is C20H23N5O2. The Morgan fingerprint density at radius 2 is 1.89 bits per heavy atom. The van der Waals surface area contributed by atoms with Crippen molar-refractivity contribution in [3.63, 3.8) is 0 Å². The van der Waals surface area contributed by atoms with Crippen molar-refractivity contribution >= 4 is 23.5 Å². The van der Waals surface area contributed by atoms with Crippen molar-refractivity contribution in [2.24, 2.45) is 0 Å². The zero-order valence-electron chi connectivity index (χ0n) is 15.3. The molecule has 4 rings (SSSR count). The fourth-order valence-corrected chi connectivity index (χ4v) is 3.36. The van der Waals surface area contributed by atoms with E-state index < -0.39 is 0 Å². The molecule has 1 saturated heterocycles. The molecule has 0 saturated carbocycles. The molecule has 0 unspecified atom stereocenters. The third-order valence-corrected chi connectivity index (χ3v) is 4.97. The summed E-state index contributed by atoms with van der Waals surface area (Å²) < 4.78 is 6.92. The number of anilines is 2. The van der Waals surface area contributed by atoms with Gasteiger partial charge >= 0.3 is 0 Å². The number of carbonyl (C=O) groups excluding carboxylic acids is 1. The Labute approximate surface area is 158 Å². The number of imidazole rings is 1. The van der Waals surface area contributed by atoms with Gasteiger partial charge in [-0.1, -0.05) is 12.1 Å². The maximum atomic E-state index is 10.9. The molecule has 1 N–H and O–H groups in total. The standard InChI is InChI=1S/C20H23N5O2/c1-23-10-12-24(13-11-23)17-4-2-16(3-5-17)14-22-18-6-7-19-21-8-9-25(19)20(18)27-15-26/h2-9,15,22H,10-14H2,1H3. The number of pyridine rings is 1. The van der Waals surface area contributed by atoms with Crippen LogP contribution in [0.5, 0.6) is 5.88 Å². The average Bonchev–Trinajstić information content (AvgIpc) is 3.18. The molecule has 0 amide bonds. The van der Waals surface area contributed by atoms with Gasteiger partial charge in [0, 0.05) is 50.8 Å². The van der Waals surface area contributed by atoms with Gasteiger partial charge in [-0.2, -0.15) is 0 Å². The summed E-state index contributed by atoms with van der Waals surface area (Å²) in [5, 5.41) is 3.35. The molecular weight excluding hydrogens is 342 g/mol. The lowest BCUT2D eigenvalue weighted by Crippen LogP contribution is -2.44. The Morgan fingerprint density at radius 1 is 1.11 bits per heavy atom. The van der Waals surface area contributed by atoms with Gasteiger partial charge in [0.15, 0.2) is 0 Å². The molecule has 140 valence electrons. The highest BCUT2D eigenvalue weighted by Gasteiger charge is 2.14. The van der Waals surface area contributed by atoms with Crippen molar-refractivity contribution in [3.8, 4) is 5.88 Å². The molecule has 0 atom stereocenters. The van der Waals surface area contributed by atoms with Gasteiger partial charge in [0.2, 0.25) is 5.88 Å². The molecule has 0 radical (unpaired) electrons. The largest absolute Gasteiger partial charge is 0.409 e. The van der Waals surface area contributed by atoms with Crippen LogP contribution in [0.4, 0.5) is 11.4 Å². The summed E-state index contributed by atoms with van der Waals surface area (Å²) in [4.78, 5) is 19.9. The smallest absolute Gasteiger partial charge is 0.299 e. The number of likely N-dealkylation sites (N-methyl/N-ethyl adjacent to an activating group) is 1. The minimum atomic E-state index is 0.435. The summed E-state index contributed by atoms with van der Waals surface area (Å²) in [5.74, 6) is 0.439. The second kappa shape index (κ2) is 7.67. The molecule has 0 spiro atoms. The lowest BCUT2D eigenvalue weighted by atomic mass is 10.1. The van der Waals surface area contributed by atoms with Gasteiger partial charge < -0.3 is 19.9 Å². The van der Waals surface area contributed by atoms with Crippen LogP contribution in [0.3, 0.4) is 0 Å². The van der Waals surface area contributed by atoms with Crippen LogP contribution in [0.2, 0.25) is 0 Å². The SMILES string of the molecule is CN1CCN(c2ccc(CNc3ccc4nccn4c3OC=O)cc2)CC1. The predicted octanol–water partition coefficient (Wildman–Crippen LogP) is 2.23. The second-order valence-corrected chi connectivity index (χ2v) is 6.73. The summed E-state index contributed by atoms with van der Waals surface area (Å²) in [6.45, 7) is 5.39. The number of nitrogens with one attached hydrogen (secondary N) is 1. The van der Waals surface area contributed by atoms with Gasteiger partial charge in [-0.25, -0.2) is 4.98 Å². The number of aromatic nitrogens is 2. The normalized spacial score (nSPS) is 15.1. The van der Waals surface area contributed by atoms with Crippen molar-refractivity contribution in [1.82, 2.24) is 14.3 Å². The number of nitrogens with zero attached hydrogens (tertiary/aromatic N) is 4. The van der Waals surface area contributed by atoms with Crippen molar-refractivity contribution in [2.45, 2.75) is 6.54 Å². The molecule has 3 heterocycles. The van der Waals surface area contributed by atoms with E-state index in [-0.39, 0.29) is 0 Å². The third kappa shape index (κ3) is 3.73. The zero-order chi connectivity index (χ0) is 18.6. The van der Waals surface area contributed by atoms with Crippen LogP contribution in [-0.2, 0) is 11.3 Å². The molecule has 27 heavy (non-hydrogen) atoms. The summed E-state index contributed by atoms with van der Waals surface area (Å²) in [6, 6.07) is 12.4. The van der Waals surface area contributed by atoms with E-state index >= 15 is 0 Å². The summed E-state index contributed by atoms with van der Waals surface area (Å²) >= 11 is 0. The van der Waals surface area contributed by atoms with Gasteiger partial charge in [0.25, 0.3) is 6.47 Å². The summed E-state index contributed by atoms with van der Waals surface area (Å²) in [7, 11) is 2.16. The van der Waals surface area contributed by atoms with Crippen LogP contribution in [0, 0.1) is 0 Å². The number of ether oxygens (including phenoxy) is 1. The number of rotatable bonds is 6. The Kier molecular flexibility index (Phi) is 4.93. The van der Waals surface area contributed by atoms with Crippen LogP contribution in [0.25, 0.3) is 5.65 Å². The van der Waals surface area contributed by atoms with Crippen LogP contribution in [0.1, 0.15) is 5.56 Å². The van der Waals surface area contributed by atoms with Gasteiger partial charge in [-0.3, -0.25) is 9.20 Å². The number of piperazine rings is 1. The Balaban J connectivity index is 1.45. The number of benzene rings is 1. The predicted molar refractivity (Wildman–Crippen MR) is 105 cm³/mol. The highest BCUT2D eigenvalue weighted by Crippen LogP contribution is 2.26. The van der Waals surface area contributed by atoms with E-state index in [1.54, 1.807) is 16.8 Å². The molecule has 7 heteroatoms. The van der Waals surface area contributed by atoms with Crippen LogP contribution >= 0.6 is 0 Å². The maximum Gasteiger partial charge on any atom is 0.299 e. The number of fused-ring (bicyclic) bond motifs is 1. The minimum Gasteiger partial charge on any atom is -0.409 e. The zero-order valence-corrected chi connectivity index (χ0v) is 15.3. The number of hydrogen-bond donors (Lipinski definition) is 1. The third-order valence-electron chi connectivity index (χ3n) is 4.97. The van der Waals surface area contributed by atoms with Crippen molar-refractivity contribution in [2.75, 3.05) is 43.4 Å². The van der Waals surface area contributed by atoms with Gasteiger partial charge in [0.1, 0.15) is 5.65 Å². The minimum absolute atomic E-state index is 0.435. The van der Waals surface area contributed by atoms with E-state index in [1.165, 1.54) is 5.69 Å². The molecule has 1 fully saturated rings. The first kappa shape index (κ1) is 17.4. The van der Waals surface area contributed by atoms with E-state index in [4.69, 9.17) is 4.74 Å².